The van der Waals surface area contributed by atoms with Crippen LogP contribution < -0.4 is 14.8 Å². The molecule has 1 heterocycles. The Morgan fingerprint density at radius 3 is 2.59 bits per heavy atom. The van der Waals surface area contributed by atoms with Crippen molar-refractivity contribution in [2.75, 3.05) is 26.1 Å². The number of carbonyl (C=O) groups is 1. The second-order valence-electron chi connectivity index (χ2n) is 8.96. The Morgan fingerprint density at radius 1 is 1.03 bits per heavy atom. The van der Waals surface area contributed by atoms with Crippen LogP contribution in [0.25, 0.3) is 10.9 Å². The molecule has 0 bridgehead atoms. The molecule has 3 aromatic carbocycles. The predicted octanol–water partition coefficient (Wildman–Crippen LogP) is 6.31. The van der Waals surface area contributed by atoms with Gasteiger partial charge < -0.3 is 19.7 Å². The van der Waals surface area contributed by atoms with Crippen LogP contribution in [0.1, 0.15) is 35.7 Å². The number of para-hydroxylation sites is 1. The average molecular weight is 502 g/mol. The molecule has 192 valence electrons. The average Bonchev–Trinajstić information content (AvgIpc) is 2.92. The topological polar surface area (TPSA) is 63.7 Å². The highest BCUT2D eigenvalue weighted by Gasteiger charge is 2.21. The van der Waals surface area contributed by atoms with Crippen LogP contribution in [0.15, 0.2) is 79.0 Å². The quantitative estimate of drug-likeness (QED) is 0.261. The van der Waals surface area contributed by atoms with Crippen molar-refractivity contribution in [1.29, 1.82) is 0 Å². The summed E-state index contributed by atoms with van der Waals surface area (Å²) in [6.07, 6.45) is 3.28. The highest BCUT2D eigenvalue weighted by molar-refractivity contribution is 5.94. The number of fused-ring (bicyclic) bond motifs is 1. The van der Waals surface area contributed by atoms with Crippen molar-refractivity contribution in [3.05, 3.63) is 95.9 Å². The number of hydrogen-bond acceptors (Lipinski definition) is 5. The maximum atomic E-state index is 14.5. The first-order valence-electron chi connectivity index (χ1n) is 12.3. The minimum Gasteiger partial charge on any atom is -0.497 e. The Kier molecular flexibility index (Phi) is 8.56. The van der Waals surface area contributed by atoms with Gasteiger partial charge >= 0.3 is 0 Å². The van der Waals surface area contributed by atoms with Crippen molar-refractivity contribution in [3.63, 3.8) is 0 Å². The highest BCUT2D eigenvalue weighted by atomic mass is 19.1. The van der Waals surface area contributed by atoms with Crippen molar-refractivity contribution in [2.24, 2.45) is 0 Å². The van der Waals surface area contributed by atoms with E-state index >= 15 is 0 Å². The maximum absolute atomic E-state index is 14.5. The number of rotatable bonds is 11. The van der Waals surface area contributed by atoms with E-state index in [0.717, 1.165) is 40.7 Å². The van der Waals surface area contributed by atoms with Crippen LogP contribution in [0.4, 0.5) is 10.1 Å². The van der Waals surface area contributed by atoms with Crippen molar-refractivity contribution in [1.82, 2.24) is 9.88 Å². The minimum atomic E-state index is -0.523. The molecule has 1 atom stereocenters. The van der Waals surface area contributed by atoms with Crippen molar-refractivity contribution in [2.45, 2.75) is 32.4 Å². The van der Waals surface area contributed by atoms with E-state index in [0.29, 0.717) is 18.8 Å². The third-order valence-electron chi connectivity index (χ3n) is 6.33. The van der Waals surface area contributed by atoms with E-state index in [-0.39, 0.29) is 17.5 Å². The van der Waals surface area contributed by atoms with Crippen LogP contribution >= 0.6 is 0 Å². The van der Waals surface area contributed by atoms with Gasteiger partial charge in [-0.05, 0) is 50.1 Å². The number of methoxy groups -OCH3 is 2. The number of nitrogens with one attached hydrogen (secondary N) is 1. The van der Waals surface area contributed by atoms with Gasteiger partial charge in [-0.15, -0.1) is 0 Å². The van der Waals surface area contributed by atoms with Gasteiger partial charge in [-0.25, -0.2) is 4.39 Å². The van der Waals surface area contributed by atoms with Crippen molar-refractivity contribution < 1.29 is 18.7 Å². The Bertz CT molecular complexity index is 1360. The molecule has 0 saturated heterocycles. The van der Waals surface area contributed by atoms with Gasteiger partial charge in [0.05, 0.1) is 31.0 Å². The summed E-state index contributed by atoms with van der Waals surface area (Å²) < 4.78 is 25.4. The molecule has 6 nitrogen and oxygen atoms in total. The van der Waals surface area contributed by atoms with Gasteiger partial charge in [0.25, 0.3) is 5.91 Å². The fraction of sp³-hybridized carbons (Fsp3) is 0.267. The molecule has 1 aromatic heterocycles. The number of carbonyl (C=O) groups excluding carboxylic acids is 1. The summed E-state index contributed by atoms with van der Waals surface area (Å²) in [5.74, 6) is 0.590. The monoisotopic (exact) mass is 501 g/mol. The Hall–Kier alpha value is -4.13. The van der Waals surface area contributed by atoms with Gasteiger partial charge in [-0.1, -0.05) is 36.4 Å². The number of benzene rings is 3. The summed E-state index contributed by atoms with van der Waals surface area (Å²) in [6.45, 7) is 2.88. The van der Waals surface area contributed by atoms with E-state index in [4.69, 9.17) is 9.47 Å². The first-order chi connectivity index (χ1) is 18.0. The number of ether oxygens (including phenoxy) is 2. The molecule has 1 N–H and O–H groups in total. The molecule has 0 aliphatic carbocycles. The molecule has 4 aromatic rings. The summed E-state index contributed by atoms with van der Waals surface area (Å²) in [4.78, 5) is 19.6. The van der Waals surface area contributed by atoms with Crippen LogP contribution in [0.2, 0.25) is 0 Å². The fourth-order valence-corrected chi connectivity index (χ4v) is 4.42. The molecule has 1 amide bonds. The summed E-state index contributed by atoms with van der Waals surface area (Å²) >= 11 is 0. The standard InChI is InChI=1S/C30H32FN3O3/c1-21(33-27-19-24(36-2)18-22-12-8-16-32-29(22)27)10-9-17-34(20-23-11-4-7-15-28(23)37-3)30(35)25-13-5-6-14-26(25)31/h4-8,11-16,18-19,21,33H,9-10,17,20H2,1-3H3. The summed E-state index contributed by atoms with van der Waals surface area (Å²) in [5.41, 5.74) is 2.71. The lowest BCUT2D eigenvalue weighted by Crippen LogP contribution is -2.33. The highest BCUT2D eigenvalue weighted by Crippen LogP contribution is 2.29. The smallest absolute Gasteiger partial charge is 0.257 e. The molecule has 1 unspecified atom stereocenters. The SMILES string of the molecule is COc1cc(NC(C)CCCN(Cc2ccccc2OC)C(=O)c2ccccc2F)c2ncccc2c1. The molecule has 7 heteroatoms. The zero-order valence-corrected chi connectivity index (χ0v) is 21.4. The molecule has 0 saturated carbocycles. The summed E-state index contributed by atoms with van der Waals surface area (Å²) in [7, 11) is 3.25. The number of hydrogen-bond donors (Lipinski definition) is 1. The van der Waals surface area contributed by atoms with Gasteiger partial charge in [-0.2, -0.15) is 0 Å². The fourth-order valence-electron chi connectivity index (χ4n) is 4.42. The number of pyridine rings is 1. The van der Waals surface area contributed by atoms with E-state index in [1.807, 2.05) is 48.5 Å². The van der Waals surface area contributed by atoms with Crippen molar-refractivity contribution >= 4 is 22.5 Å². The third kappa shape index (κ3) is 6.36. The summed E-state index contributed by atoms with van der Waals surface area (Å²) in [6, 6.07) is 21.6. The zero-order valence-electron chi connectivity index (χ0n) is 21.4. The lowest BCUT2D eigenvalue weighted by molar-refractivity contribution is 0.0733. The maximum Gasteiger partial charge on any atom is 0.257 e. The predicted molar refractivity (Wildman–Crippen MR) is 145 cm³/mol. The molecular weight excluding hydrogens is 469 g/mol. The van der Waals surface area contributed by atoms with E-state index in [2.05, 4.69) is 17.2 Å². The normalized spacial score (nSPS) is 11.7. The molecule has 4 rings (SSSR count). The lowest BCUT2D eigenvalue weighted by Gasteiger charge is -2.25. The third-order valence-corrected chi connectivity index (χ3v) is 6.33. The first kappa shape index (κ1) is 25.9. The van der Waals surface area contributed by atoms with Gasteiger partial charge in [0.1, 0.15) is 17.3 Å². The molecule has 37 heavy (non-hydrogen) atoms. The lowest BCUT2D eigenvalue weighted by atomic mass is 10.1. The van der Waals surface area contributed by atoms with Gasteiger partial charge in [-0.3, -0.25) is 9.78 Å². The Labute approximate surface area is 217 Å². The molecule has 0 radical (unpaired) electrons. The Balaban J connectivity index is 1.47. The van der Waals surface area contributed by atoms with Crippen LogP contribution in [0, 0.1) is 5.82 Å². The number of halogens is 1. The minimum absolute atomic E-state index is 0.0671. The van der Waals surface area contributed by atoms with E-state index in [1.54, 1.807) is 37.4 Å². The Morgan fingerprint density at radius 2 is 1.81 bits per heavy atom. The van der Waals surface area contributed by atoms with E-state index in [9.17, 15) is 9.18 Å². The number of aromatic nitrogens is 1. The van der Waals surface area contributed by atoms with Gasteiger partial charge in [0, 0.05) is 42.3 Å². The van der Waals surface area contributed by atoms with Crippen LogP contribution in [-0.2, 0) is 6.54 Å². The first-order valence-corrected chi connectivity index (χ1v) is 12.3. The second kappa shape index (κ2) is 12.2. The van der Waals surface area contributed by atoms with E-state index in [1.165, 1.54) is 12.1 Å². The van der Waals surface area contributed by atoms with Gasteiger partial charge in [0.15, 0.2) is 0 Å². The van der Waals surface area contributed by atoms with Crippen LogP contribution in [-0.4, -0.2) is 42.6 Å². The summed E-state index contributed by atoms with van der Waals surface area (Å²) in [5, 5.41) is 4.54. The zero-order chi connectivity index (χ0) is 26.2. The number of amides is 1. The van der Waals surface area contributed by atoms with Crippen molar-refractivity contribution in [3.8, 4) is 11.5 Å². The molecule has 0 spiro atoms. The number of nitrogens with zero attached hydrogens (tertiary/aromatic N) is 2. The molecule has 0 aliphatic heterocycles. The number of anilines is 1. The van der Waals surface area contributed by atoms with Crippen LogP contribution in [0.3, 0.4) is 0 Å². The largest absolute Gasteiger partial charge is 0.497 e. The van der Waals surface area contributed by atoms with Crippen LogP contribution in [0.5, 0.6) is 11.5 Å². The molecule has 0 aliphatic rings. The molecule has 0 fully saturated rings. The van der Waals surface area contributed by atoms with Gasteiger partial charge in [0.2, 0.25) is 0 Å². The second-order valence-corrected chi connectivity index (χ2v) is 8.96. The molecular formula is C30H32FN3O3. The van der Waals surface area contributed by atoms with E-state index < -0.39 is 5.82 Å².